The molecule has 0 fully saturated rings. The zero-order valence-electron chi connectivity index (χ0n) is 9.43. The van der Waals surface area contributed by atoms with Crippen LogP contribution < -0.4 is 5.32 Å². The molecule has 2 aromatic carbocycles. The summed E-state index contributed by atoms with van der Waals surface area (Å²) in [6.07, 6.45) is 0.946. The lowest BCUT2D eigenvalue weighted by molar-refractivity contribution is 0.448. The molecule has 0 bridgehead atoms. The molecule has 0 saturated carbocycles. The van der Waals surface area contributed by atoms with E-state index in [2.05, 4.69) is 5.32 Å². The van der Waals surface area contributed by atoms with Gasteiger partial charge in [-0.2, -0.15) is 0 Å². The molecule has 0 saturated heterocycles. The molecule has 0 radical (unpaired) electrons. The van der Waals surface area contributed by atoms with Gasteiger partial charge in [-0.3, -0.25) is 0 Å². The highest BCUT2D eigenvalue weighted by atomic mass is 19.2. The van der Waals surface area contributed by atoms with E-state index < -0.39 is 17.5 Å². The van der Waals surface area contributed by atoms with Gasteiger partial charge in [0, 0.05) is 12.2 Å². The van der Waals surface area contributed by atoms with Gasteiger partial charge in [0.15, 0.2) is 17.5 Å². The fourth-order valence-electron chi connectivity index (χ4n) is 2.19. The van der Waals surface area contributed by atoms with Gasteiger partial charge in [-0.25, -0.2) is 13.2 Å². The fraction of sp³-hybridized carbons (Fsp3) is 0.143. The van der Waals surface area contributed by atoms with Crippen molar-refractivity contribution in [3.8, 4) is 11.1 Å². The maximum atomic E-state index is 13.2. The molecule has 0 spiro atoms. The molecule has 4 heteroatoms. The van der Waals surface area contributed by atoms with Gasteiger partial charge in [0.1, 0.15) is 0 Å². The number of hydrogen-bond acceptors (Lipinski definition) is 1. The molecule has 1 N–H and O–H groups in total. The van der Waals surface area contributed by atoms with E-state index in [0.717, 1.165) is 30.8 Å². The third kappa shape index (κ3) is 1.74. The molecule has 0 aliphatic carbocycles. The van der Waals surface area contributed by atoms with Crippen LogP contribution in [0.2, 0.25) is 0 Å². The lowest BCUT2D eigenvalue weighted by atomic mass is 10.0. The van der Waals surface area contributed by atoms with Gasteiger partial charge >= 0.3 is 0 Å². The van der Waals surface area contributed by atoms with Crippen molar-refractivity contribution >= 4 is 5.69 Å². The van der Waals surface area contributed by atoms with Crippen molar-refractivity contribution < 1.29 is 13.2 Å². The number of fused-ring (bicyclic) bond motifs is 1. The standard InChI is InChI=1S/C14H10F3N/c15-11-5-10(6-12(16)14(11)17)9-2-1-8-3-4-18-13(8)7-9/h1-2,5-7,18H,3-4H2. The Morgan fingerprint density at radius 2 is 1.61 bits per heavy atom. The first kappa shape index (κ1) is 11.1. The highest BCUT2D eigenvalue weighted by Gasteiger charge is 2.14. The average molecular weight is 249 g/mol. The van der Waals surface area contributed by atoms with Crippen molar-refractivity contribution in [1.82, 2.24) is 0 Å². The van der Waals surface area contributed by atoms with Crippen LogP contribution in [0, 0.1) is 17.5 Å². The van der Waals surface area contributed by atoms with Crippen LogP contribution in [0.3, 0.4) is 0 Å². The van der Waals surface area contributed by atoms with Crippen LogP contribution >= 0.6 is 0 Å². The molecule has 1 nitrogen and oxygen atoms in total. The Hall–Kier alpha value is -1.97. The molecule has 0 atom stereocenters. The second kappa shape index (κ2) is 4.05. The Morgan fingerprint density at radius 1 is 0.889 bits per heavy atom. The minimum atomic E-state index is -1.43. The van der Waals surface area contributed by atoms with Crippen LogP contribution in [0.5, 0.6) is 0 Å². The zero-order valence-corrected chi connectivity index (χ0v) is 9.43. The molecule has 1 aliphatic heterocycles. The first-order valence-corrected chi connectivity index (χ1v) is 5.67. The predicted molar refractivity (Wildman–Crippen MR) is 63.9 cm³/mol. The van der Waals surface area contributed by atoms with Crippen LogP contribution in [0.15, 0.2) is 30.3 Å². The first-order chi connectivity index (χ1) is 8.65. The molecule has 2 aromatic rings. The summed E-state index contributed by atoms with van der Waals surface area (Å²) in [4.78, 5) is 0. The Kier molecular flexibility index (Phi) is 2.51. The van der Waals surface area contributed by atoms with E-state index in [1.54, 1.807) is 6.07 Å². The molecule has 3 rings (SSSR count). The third-order valence-electron chi connectivity index (χ3n) is 3.14. The molecule has 1 heterocycles. The smallest absolute Gasteiger partial charge is 0.194 e. The molecule has 0 aromatic heterocycles. The van der Waals surface area contributed by atoms with Crippen LogP contribution in [-0.2, 0) is 6.42 Å². The van der Waals surface area contributed by atoms with Gasteiger partial charge in [0.05, 0.1) is 0 Å². The van der Waals surface area contributed by atoms with Crippen molar-refractivity contribution in [3.05, 3.63) is 53.3 Å². The summed E-state index contributed by atoms with van der Waals surface area (Å²) in [5.74, 6) is -3.77. The van der Waals surface area contributed by atoms with Gasteiger partial charge in [0.2, 0.25) is 0 Å². The van der Waals surface area contributed by atoms with Gasteiger partial charge in [-0.1, -0.05) is 12.1 Å². The first-order valence-electron chi connectivity index (χ1n) is 5.67. The molecule has 92 valence electrons. The van der Waals surface area contributed by atoms with E-state index in [0.29, 0.717) is 11.1 Å². The Balaban J connectivity index is 2.10. The number of benzene rings is 2. The van der Waals surface area contributed by atoms with Crippen molar-refractivity contribution in [3.63, 3.8) is 0 Å². The summed E-state index contributed by atoms with van der Waals surface area (Å²) >= 11 is 0. The van der Waals surface area contributed by atoms with E-state index in [9.17, 15) is 13.2 Å². The summed E-state index contributed by atoms with van der Waals surface area (Å²) in [6.45, 7) is 0.866. The minimum Gasteiger partial charge on any atom is -0.384 e. The predicted octanol–water partition coefficient (Wildman–Crippen LogP) is 3.74. The van der Waals surface area contributed by atoms with Gasteiger partial charge in [-0.15, -0.1) is 0 Å². The van der Waals surface area contributed by atoms with E-state index in [1.807, 2.05) is 12.1 Å². The molecule has 1 aliphatic rings. The summed E-state index contributed by atoms with van der Waals surface area (Å²) in [6, 6.07) is 7.56. The number of rotatable bonds is 1. The van der Waals surface area contributed by atoms with Crippen LogP contribution in [0.4, 0.5) is 18.9 Å². The summed E-state index contributed by atoms with van der Waals surface area (Å²) < 4.78 is 39.2. The average Bonchev–Trinajstić information content (AvgIpc) is 2.82. The van der Waals surface area contributed by atoms with Crippen LogP contribution in [-0.4, -0.2) is 6.54 Å². The maximum Gasteiger partial charge on any atom is 0.194 e. The van der Waals surface area contributed by atoms with Crippen molar-refractivity contribution in [1.29, 1.82) is 0 Å². The number of hydrogen-bond donors (Lipinski definition) is 1. The topological polar surface area (TPSA) is 12.0 Å². The number of halogens is 3. The molecule has 18 heavy (non-hydrogen) atoms. The maximum absolute atomic E-state index is 13.2. The monoisotopic (exact) mass is 249 g/mol. The normalized spacial score (nSPS) is 13.3. The largest absolute Gasteiger partial charge is 0.384 e. The second-order valence-corrected chi connectivity index (χ2v) is 4.30. The van der Waals surface area contributed by atoms with Crippen LogP contribution in [0.1, 0.15) is 5.56 Å². The van der Waals surface area contributed by atoms with Crippen molar-refractivity contribution in [2.24, 2.45) is 0 Å². The van der Waals surface area contributed by atoms with E-state index in [-0.39, 0.29) is 0 Å². The van der Waals surface area contributed by atoms with E-state index in [4.69, 9.17) is 0 Å². The van der Waals surface area contributed by atoms with Gasteiger partial charge < -0.3 is 5.32 Å². The third-order valence-corrected chi connectivity index (χ3v) is 3.14. The quantitative estimate of drug-likeness (QED) is 0.759. The number of anilines is 1. The molecular formula is C14H10F3N. The Morgan fingerprint density at radius 3 is 2.33 bits per heavy atom. The fourth-order valence-corrected chi connectivity index (χ4v) is 2.19. The summed E-state index contributed by atoms with van der Waals surface area (Å²) in [7, 11) is 0. The highest BCUT2D eigenvalue weighted by Crippen LogP contribution is 2.30. The highest BCUT2D eigenvalue weighted by molar-refractivity contribution is 5.71. The number of nitrogens with one attached hydrogen (secondary N) is 1. The minimum absolute atomic E-state index is 0.336. The van der Waals surface area contributed by atoms with E-state index >= 15 is 0 Å². The van der Waals surface area contributed by atoms with Gasteiger partial charge in [-0.05, 0) is 41.3 Å². The Labute approximate surface area is 102 Å². The Bertz CT molecular complexity index is 599. The summed E-state index contributed by atoms with van der Waals surface area (Å²) in [5.41, 5.74) is 3.16. The van der Waals surface area contributed by atoms with Crippen molar-refractivity contribution in [2.45, 2.75) is 6.42 Å². The SMILES string of the molecule is Fc1cc(-c2ccc3c(c2)NCC3)cc(F)c1F. The van der Waals surface area contributed by atoms with Gasteiger partial charge in [0.25, 0.3) is 0 Å². The second-order valence-electron chi connectivity index (χ2n) is 4.30. The van der Waals surface area contributed by atoms with Crippen LogP contribution in [0.25, 0.3) is 11.1 Å². The summed E-state index contributed by atoms with van der Waals surface area (Å²) in [5, 5.41) is 3.19. The van der Waals surface area contributed by atoms with E-state index in [1.165, 1.54) is 5.56 Å². The lowest BCUT2D eigenvalue weighted by Crippen LogP contribution is -1.93. The zero-order chi connectivity index (χ0) is 12.7. The van der Waals surface area contributed by atoms with Crippen molar-refractivity contribution in [2.75, 3.05) is 11.9 Å². The lowest BCUT2D eigenvalue weighted by Gasteiger charge is -2.06. The molecule has 0 unspecified atom stereocenters. The molecular weight excluding hydrogens is 239 g/mol. The molecule has 0 amide bonds.